The lowest BCUT2D eigenvalue weighted by Crippen LogP contribution is -2.20. The van der Waals surface area contributed by atoms with E-state index in [0.29, 0.717) is 5.56 Å². The van der Waals surface area contributed by atoms with Gasteiger partial charge in [-0.3, -0.25) is 0 Å². The first-order valence-electron chi connectivity index (χ1n) is 6.42. The summed E-state index contributed by atoms with van der Waals surface area (Å²) in [4.78, 5) is 0. The Bertz CT molecular complexity index is 603. The van der Waals surface area contributed by atoms with Crippen molar-refractivity contribution in [3.05, 3.63) is 69.4 Å². The fraction of sp³-hybridized carbons (Fsp3) is 0.250. The van der Waals surface area contributed by atoms with Crippen molar-refractivity contribution in [1.82, 2.24) is 0 Å². The minimum Gasteiger partial charge on any atom is -0.388 e. The molecule has 0 aliphatic carbocycles. The van der Waals surface area contributed by atoms with Crippen molar-refractivity contribution in [2.45, 2.75) is 18.9 Å². The molecule has 0 heterocycles. The molecule has 20 heavy (non-hydrogen) atoms. The van der Waals surface area contributed by atoms with Crippen LogP contribution < -0.4 is 5.73 Å². The number of rotatable bonds is 4. The molecular weight excluding hydrogens is 321 g/mol. The number of hydrogen-bond donors (Lipinski definition) is 2. The third kappa shape index (κ3) is 3.26. The van der Waals surface area contributed by atoms with E-state index in [0.717, 1.165) is 15.6 Å². The van der Waals surface area contributed by atoms with Crippen molar-refractivity contribution in [1.29, 1.82) is 0 Å². The van der Waals surface area contributed by atoms with Crippen molar-refractivity contribution in [2.24, 2.45) is 5.73 Å². The Balaban J connectivity index is 2.33. The summed E-state index contributed by atoms with van der Waals surface area (Å²) in [5, 5.41) is 10.5. The van der Waals surface area contributed by atoms with E-state index < -0.39 is 6.10 Å². The number of aliphatic hydroxyl groups excluding tert-OH is 1. The molecule has 2 atom stereocenters. The highest BCUT2D eigenvalue weighted by Crippen LogP contribution is 2.32. The number of hydrogen-bond acceptors (Lipinski definition) is 2. The highest BCUT2D eigenvalue weighted by molar-refractivity contribution is 9.10. The summed E-state index contributed by atoms with van der Waals surface area (Å²) in [6, 6.07) is 11.9. The van der Waals surface area contributed by atoms with Crippen LogP contribution in [0.1, 0.15) is 28.7 Å². The van der Waals surface area contributed by atoms with E-state index in [-0.39, 0.29) is 18.3 Å². The predicted octanol–water partition coefficient (Wildman–Crippen LogP) is 3.67. The zero-order chi connectivity index (χ0) is 14.7. The Morgan fingerprint density at radius 3 is 2.55 bits per heavy atom. The fourth-order valence-corrected chi connectivity index (χ4v) is 2.61. The van der Waals surface area contributed by atoms with E-state index in [4.69, 9.17) is 5.73 Å². The molecular formula is C16H17BrFNO. The van der Waals surface area contributed by atoms with Crippen molar-refractivity contribution >= 4 is 15.9 Å². The molecule has 106 valence electrons. The van der Waals surface area contributed by atoms with Crippen LogP contribution in [0.5, 0.6) is 0 Å². The van der Waals surface area contributed by atoms with Crippen molar-refractivity contribution in [3.63, 3.8) is 0 Å². The van der Waals surface area contributed by atoms with Gasteiger partial charge in [0.1, 0.15) is 5.82 Å². The molecule has 2 aromatic carbocycles. The van der Waals surface area contributed by atoms with Gasteiger partial charge in [-0.05, 0) is 41.8 Å². The van der Waals surface area contributed by atoms with Gasteiger partial charge in [-0.1, -0.05) is 40.2 Å². The number of nitrogens with two attached hydrogens (primary N) is 1. The van der Waals surface area contributed by atoms with Gasteiger partial charge in [0.25, 0.3) is 0 Å². The minimum absolute atomic E-state index is 0.246. The normalized spacial score (nSPS) is 14.1. The lowest BCUT2D eigenvalue weighted by atomic mass is 9.89. The number of halogens is 2. The van der Waals surface area contributed by atoms with Gasteiger partial charge in [0.2, 0.25) is 0 Å². The molecule has 2 aromatic rings. The molecule has 0 saturated heterocycles. The van der Waals surface area contributed by atoms with Gasteiger partial charge in [-0.25, -0.2) is 4.39 Å². The molecule has 0 saturated carbocycles. The predicted molar refractivity (Wildman–Crippen MR) is 82.0 cm³/mol. The van der Waals surface area contributed by atoms with E-state index >= 15 is 0 Å². The first-order valence-corrected chi connectivity index (χ1v) is 7.22. The molecule has 3 N–H and O–H groups in total. The quantitative estimate of drug-likeness (QED) is 0.893. The molecule has 2 rings (SSSR count). The third-order valence-corrected chi connectivity index (χ3v) is 4.30. The smallest absolute Gasteiger partial charge is 0.123 e. The van der Waals surface area contributed by atoms with E-state index in [1.807, 2.05) is 25.1 Å². The maximum Gasteiger partial charge on any atom is 0.123 e. The van der Waals surface area contributed by atoms with E-state index in [1.54, 1.807) is 12.1 Å². The zero-order valence-electron chi connectivity index (χ0n) is 11.2. The Morgan fingerprint density at radius 1 is 1.20 bits per heavy atom. The van der Waals surface area contributed by atoms with Gasteiger partial charge in [0.05, 0.1) is 6.10 Å². The van der Waals surface area contributed by atoms with E-state index in [2.05, 4.69) is 15.9 Å². The molecule has 2 nitrogen and oxygen atoms in total. The van der Waals surface area contributed by atoms with E-state index in [9.17, 15) is 9.50 Å². The maximum absolute atomic E-state index is 13.3. The van der Waals surface area contributed by atoms with Gasteiger partial charge >= 0.3 is 0 Å². The van der Waals surface area contributed by atoms with Crippen LogP contribution in [0.4, 0.5) is 4.39 Å². The summed E-state index contributed by atoms with van der Waals surface area (Å²) >= 11 is 3.45. The van der Waals surface area contributed by atoms with Gasteiger partial charge in [0, 0.05) is 16.9 Å². The average molecular weight is 338 g/mol. The van der Waals surface area contributed by atoms with Crippen LogP contribution >= 0.6 is 15.9 Å². The van der Waals surface area contributed by atoms with Gasteiger partial charge < -0.3 is 10.8 Å². The van der Waals surface area contributed by atoms with Crippen LogP contribution in [-0.2, 0) is 0 Å². The third-order valence-electron chi connectivity index (χ3n) is 3.45. The fourth-order valence-electron chi connectivity index (χ4n) is 2.21. The second-order valence-electron chi connectivity index (χ2n) is 4.85. The maximum atomic E-state index is 13.3. The molecule has 2 unspecified atom stereocenters. The summed E-state index contributed by atoms with van der Waals surface area (Å²) in [5.74, 6) is -0.654. The summed E-state index contributed by atoms with van der Waals surface area (Å²) in [5.41, 5.74) is 8.33. The Kier molecular flexibility index (Phi) is 4.91. The SMILES string of the molecule is Cc1ccc(C(O)C(CN)c2cccc(F)c2)cc1Br. The molecule has 0 aromatic heterocycles. The lowest BCUT2D eigenvalue weighted by molar-refractivity contribution is 0.147. The molecule has 0 bridgehead atoms. The average Bonchev–Trinajstić information content (AvgIpc) is 2.42. The topological polar surface area (TPSA) is 46.2 Å². The largest absolute Gasteiger partial charge is 0.388 e. The number of benzene rings is 2. The molecule has 0 radical (unpaired) electrons. The highest BCUT2D eigenvalue weighted by atomic mass is 79.9. The van der Waals surface area contributed by atoms with Crippen molar-refractivity contribution in [3.8, 4) is 0 Å². The molecule has 0 fully saturated rings. The summed E-state index contributed by atoms with van der Waals surface area (Å²) < 4.78 is 14.3. The molecule has 0 spiro atoms. The zero-order valence-corrected chi connectivity index (χ0v) is 12.8. The monoisotopic (exact) mass is 337 g/mol. The van der Waals surface area contributed by atoms with Crippen molar-refractivity contribution < 1.29 is 9.50 Å². The van der Waals surface area contributed by atoms with Crippen LogP contribution in [0.3, 0.4) is 0 Å². The lowest BCUT2D eigenvalue weighted by Gasteiger charge is -2.23. The Morgan fingerprint density at radius 2 is 1.95 bits per heavy atom. The first kappa shape index (κ1) is 15.2. The Hall–Kier alpha value is -1.23. The minimum atomic E-state index is -0.765. The van der Waals surface area contributed by atoms with Crippen LogP contribution in [0, 0.1) is 12.7 Å². The van der Waals surface area contributed by atoms with Gasteiger partial charge in [-0.15, -0.1) is 0 Å². The summed E-state index contributed by atoms with van der Waals surface area (Å²) in [6.07, 6.45) is -0.765. The second-order valence-corrected chi connectivity index (χ2v) is 5.70. The van der Waals surface area contributed by atoms with Crippen LogP contribution in [0.25, 0.3) is 0 Å². The molecule has 0 aliphatic rings. The number of aryl methyl sites for hydroxylation is 1. The highest BCUT2D eigenvalue weighted by Gasteiger charge is 2.22. The van der Waals surface area contributed by atoms with Gasteiger partial charge in [-0.2, -0.15) is 0 Å². The van der Waals surface area contributed by atoms with Crippen molar-refractivity contribution in [2.75, 3.05) is 6.54 Å². The summed E-state index contributed by atoms with van der Waals surface area (Å²) in [7, 11) is 0. The molecule has 4 heteroatoms. The first-order chi connectivity index (χ1) is 9.52. The standard InChI is InChI=1S/C16H17BrFNO/c1-10-5-6-12(8-15(10)17)16(20)14(9-19)11-3-2-4-13(18)7-11/h2-8,14,16,20H,9,19H2,1H3. The second kappa shape index (κ2) is 6.48. The molecule has 0 aliphatic heterocycles. The molecule has 0 amide bonds. The summed E-state index contributed by atoms with van der Waals surface area (Å²) in [6.45, 7) is 2.23. The van der Waals surface area contributed by atoms with Crippen LogP contribution in [0.2, 0.25) is 0 Å². The van der Waals surface area contributed by atoms with Crippen LogP contribution in [0.15, 0.2) is 46.9 Å². The Labute approximate surface area is 126 Å². The van der Waals surface area contributed by atoms with Crippen LogP contribution in [-0.4, -0.2) is 11.7 Å². The van der Waals surface area contributed by atoms with Gasteiger partial charge in [0.15, 0.2) is 0 Å². The number of aliphatic hydroxyl groups is 1. The van der Waals surface area contributed by atoms with E-state index in [1.165, 1.54) is 12.1 Å².